The lowest BCUT2D eigenvalue weighted by molar-refractivity contribution is 0.521. The maximum absolute atomic E-state index is 12.2. The zero-order valence-corrected chi connectivity index (χ0v) is 12.8. The number of nitrogen functional groups attached to an aromatic ring is 1. The number of nitrogens with zero attached hydrogens (tertiary/aromatic N) is 3. The van der Waals surface area contributed by atoms with E-state index in [9.17, 15) is 8.42 Å². The Balaban J connectivity index is 2.10. The molecule has 0 aliphatic carbocycles. The zero-order valence-electron chi connectivity index (χ0n) is 12.0. The highest BCUT2D eigenvalue weighted by Crippen LogP contribution is 2.22. The van der Waals surface area contributed by atoms with Crippen molar-refractivity contribution in [1.29, 1.82) is 0 Å². The van der Waals surface area contributed by atoms with Crippen LogP contribution in [0.5, 0.6) is 0 Å². The Morgan fingerprint density at radius 1 is 1.33 bits per heavy atom. The van der Waals surface area contributed by atoms with Gasteiger partial charge in [-0.25, -0.2) is 12.7 Å². The van der Waals surface area contributed by atoms with Crippen LogP contribution in [0.15, 0.2) is 41.6 Å². The summed E-state index contributed by atoms with van der Waals surface area (Å²) in [6, 6.07) is 6.83. The summed E-state index contributed by atoms with van der Waals surface area (Å²) >= 11 is 0. The molecule has 21 heavy (non-hydrogen) atoms. The van der Waals surface area contributed by atoms with Gasteiger partial charge in [-0.05, 0) is 12.1 Å². The first-order chi connectivity index (χ1) is 9.91. The number of sulfonamides is 1. The van der Waals surface area contributed by atoms with Crippen molar-refractivity contribution in [3.05, 3.63) is 36.7 Å². The van der Waals surface area contributed by atoms with Crippen LogP contribution in [-0.2, 0) is 16.6 Å². The normalized spacial score (nSPS) is 11.8. The number of para-hydroxylation sites is 1. The number of aromatic nitrogens is 2. The minimum Gasteiger partial charge on any atom is -0.396 e. The van der Waals surface area contributed by atoms with Crippen molar-refractivity contribution < 1.29 is 8.42 Å². The highest BCUT2D eigenvalue weighted by Gasteiger charge is 2.20. The van der Waals surface area contributed by atoms with Gasteiger partial charge in [-0.1, -0.05) is 12.1 Å². The molecule has 0 atom stereocenters. The minimum atomic E-state index is -3.47. The Bertz CT molecular complexity index is 709. The number of nitrogens with two attached hydrogens (primary N) is 1. The van der Waals surface area contributed by atoms with Gasteiger partial charge in [0.25, 0.3) is 0 Å². The summed E-state index contributed by atoms with van der Waals surface area (Å²) in [7, 11) is -0.445. The molecule has 2 rings (SSSR count). The van der Waals surface area contributed by atoms with E-state index in [2.05, 4.69) is 10.4 Å². The lowest BCUT2D eigenvalue weighted by Crippen LogP contribution is -2.23. The second kappa shape index (κ2) is 6.15. The number of hydrogen-bond donors (Lipinski definition) is 2. The van der Waals surface area contributed by atoms with Crippen LogP contribution in [0.4, 0.5) is 11.4 Å². The van der Waals surface area contributed by atoms with Gasteiger partial charge in [-0.3, -0.25) is 4.68 Å². The lowest BCUT2D eigenvalue weighted by atomic mass is 10.3. The monoisotopic (exact) mass is 309 g/mol. The van der Waals surface area contributed by atoms with Crippen LogP contribution in [0.25, 0.3) is 0 Å². The van der Waals surface area contributed by atoms with Crippen LogP contribution >= 0.6 is 0 Å². The van der Waals surface area contributed by atoms with Gasteiger partial charge in [0.05, 0.1) is 24.1 Å². The predicted octanol–water partition coefficient (Wildman–Crippen LogP) is 0.828. The molecule has 0 radical (unpaired) electrons. The van der Waals surface area contributed by atoms with E-state index in [4.69, 9.17) is 5.73 Å². The molecule has 0 saturated heterocycles. The Hall–Kier alpha value is -2.06. The summed E-state index contributed by atoms with van der Waals surface area (Å²) in [5.74, 6) is 0. The summed E-state index contributed by atoms with van der Waals surface area (Å²) in [6.45, 7) is 1.13. The largest absolute Gasteiger partial charge is 0.396 e. The molecule has 0 spiro atoms. The molecule has 7 nitrogen and oxygen atoms in total. The van der Waals surface area contributed by atoms with Crippen LogP contribution in [-0.4, -0.2) is 43.1 Å². The highest BCUT2D eigenvalue weighted by atomic mass is 32.2. The van der Waals surface area contributed by atoms with Gasteiger partial charge in [-0.2, -0.15) is 5.10 Å². The quantitative estimate of drug-likeness (QED) is 0.824. The second-order valence-corrected chi connectivity index (χ2v) is 6.87. The SMILES string of the molecule is CN(C)S(=O)(=O)c1ccccc1NCCn1cc(N)cn1. The fraction of sp³-hybridized carbons (Fsp3) is 0.308. The first kappa shape index (κ1) is 15.3. The van der Waals surface area contributed by atoms with Crippen molar-refractivity contribution in [2.45, 2.75) is 11.4 Å². The van der Waals surface area contributed by atoms with E-state index < -0.39 is 10.0 Å². The van der Waals surface area contributed by atoms with Crippen LogP contribution in [0.3, 0.4) is 0 Å². The smallest absolute Gasteiger partial charge is 0.244 e. The molecule has 0 saturated carbocycles. The zero-order chi connectivity index (χ0) is 15.5. The van der Waals surface area contributed by atoms with Gasteiger partial charge in [0.15, 0.2) is 0 Å². The number of hydrogen-bond acceptors (Lipinski definition) is 5. The molecule has 0 unspecified atom stereocenters. The van der Waals surface area contributed by atoms with Crippen LogP contribution in [0.1, 0.15) is 0 Å². The molecule has 1 heterocycles. The average molecular weight is 309 g/mol. The molecule has 0 aliphatic heterocycles. The molecular formula is C13H19N5O2S. The minimum absolute atomic E-state index is 0.259. The van der Waals surface area contributed by atoms with E-state index in [0.29, 0.717) is 24.5 Å². The molecule has 8 heteroatoms. The lowest BCUT2D eigenvalue weighted by Gasteiger charge is -2.16. The topological polar surface area (TPSA) is 93.2 Å². The van der Waals surface area contributed by atoms with E-state index in [1.165, 1.54) is 18.4 Å². The summed E-state index contributed by atoms with van der Waals surface area (Å²) in [5, 5.41) is 7.20. The van der Waals surface area contributed by atoms with Crippen molar-refractivity contribution in [3.63, 3.8) is 0 Å². The van der Waals surface area contributed by atoms with E-state index in [0.717, 1.165) is 0 Å². The molecule has 0 fully saturated rings. The van der Waals surface area contributed by atoms with Gasteiger partial charge >= 0.3 is 0 Å². The molecular weight excluding hydrogens is 290 g/mol. The predicted molar refractivity (Wildman–Crippen MR) is 82.4 cm³/mol. The van der Waals surface area contributed by atoms with Crippen molar-refractivity contribution in [2.75, 3.05) is 31.7 Å². The molecule has 3 N–H and O–H groups in total. The summed E-state index contributed by atoms with van der Waals surface area (Å²) in [4.78, 5) is 0.259. The fourth-order valence-corrected chi connectivity index (χ4v) is 2.90. The third-order valence-corrected chi connectivity index (χ3v) is 4.83. The molecule has 1 aromatic carbocycles. The van der Waals surface area contributed by atoms with Gasteiger partial charge in [-0.15, -0.1) is 0 Å². The highest BCUT2D eigenvalue weighted by molar-refractivity contribution is 7.89. The molecule has 114 valence electrons. The average Bonchev–Trinajstić information content (AvgIpc) is 2.85. The second-order valence-electron chi connectivity index (χ2n) is 4.75. The summed E-state index contributed by atoms with van der Waals surface area (Å²) in [6.07, 6.45) is 3.30. The van der Waals surface area contributed by atoms with Gasteiger partial charge < -0.3 is 11.1 Å². The maximum Gasteiger partial charge on any atom is 0.244 e. The maximum atomic E-state index is 12.2. The first-order valence-corrected chi connectivity index (χ1v) is 7.88. The van der Waals surface area contributed by atoms with Gasteiger partial charge in [0.1, 0.15) is 4.90 Å². The summed E-state index contributed by atoms with van der Waals surface area (Å²) < 4.78 is 27.4. The molecule has 0 aliphatic rings. The molecule has 0 bridgehead atoms. The van der Waals surface area contributed by atoms with Crippen molar-refractivity contribution in [1.82, 2.24) is 14.1 Å². The number of nitrogens with one attached hydrogen (secondary N) is 1. The Labute approximate surface area is 124 Å². The standard InChI is InChI=1S/C13H19N5O2S/c1-17(2)21(19,20)13-6-4-3-5-12(13)15-7-8-18-10-11(14)9-16-18/h3-6,9-10,15H,7-8,14H2,1-2H3. The third kappa shape index (κ3) is 3.53. The van der Waals surface area contributed by atoms with Gasteiger partial charge in [0.2, 0.25) is 10.0 Å². The number of anilines is 2. The molecule has 2 aromatic rings. The van der Waals surface area contributed by atoms with Crippen molar-refractivity contribution in [3.8, 4) is 0 Å². The number of benzene rings is 1. The fourth-order valence-electron chi connectivity index (χ4n) is 1.84. The van der Waals surface area contributed by atoms with E-state index in [1.807, 2.05) is 0 Å². The van der Waals surface area contributed by atoms with Crippen LogP contribution in [0.2, 0.25) is 0 Å². The Morgan fingerprint density at radius 3 is 2.67 bits per heavy atom. The molecule has 0 amide bonds. The number of rotatable bonds is 6. The Morgan fingerprint density at radius 2 is 2.05 bits per heavy atom. The third-order valence-electron chi connectivity index (χ3n) is 2.96. The Kier molecular flexibility index (Phi) is 4.49. The van der Waals surface area contributed by atoms with E-state index in [1.54, 1.807) is 41.3 Å². The van der Waals surface area contributed by atoms with Gasteiger partial charge in [0, 0.05) is 26.8 Å². The van der Waals surface area contributed by atoms with E-state index >= 15 is 0 Å². The van der Waals surface area contributed by atoms with Crippen molar-refractivity contribution in [2.24, 2.45) is 0 Å². The first-order valence-electron chi connectivity index (χ1n) is 6.44. The van der Waals surface area contributed by atoms with E-state index in [-0.39, 0.29) is 4.90 Å². The van der Waals surface area contributed by atoms with Crippen molar-refractivity contribution >= 4 is 21.4 Å². The summed E-state index contributed by atoms with van der Waals surface area (Å²) in [5.41, 5.74) is 6.77. The molecule has 1 aromatic heterocycles. The van der Waals surface area contributed by atoms with Crippen LogP contribution < -0.4 is 11.1 Å². The van der Waals surface area contributed by atoms with Crippen LogP contribution in [0, 0.1) is 0 Å².